The number of hydrogen-bond acceptors (Lipinski definition) is 4. The summed E-state index contributed by atoms with van der Waals surface area (Å²) in [7, 11) is 3.49. The SMILES string of the molecule is CNC[N+]1([O-])CCOc2ccc(-c3cccc(-c4cnn(C)c4)c3C(F)F)cc2C1. The lowest BCUT2D eigenvalue weighted by molar-refractivity contribution is -0.895. The maximum absolute atomic E-state index is 14.2. The number of quaternary nitrogens is 1. The molecule has 2 aromatic carbocycles. The van der Waals surface area contributed by atoms with Gasteiger partial charge in [-0.15, -0.1) is 0 Å². The molecule has 0 amide bonds. The van der Waals surface area contributed by atoms with Gasteiger partial charge in [0, 0.05) is 29.9 Å². The van der Waals surface area contributed by atoms with Crippen LogP contribution < -0.4 is 10.1 Å². The molecule has 0 saturated heterocycles. The molecular weight excluding hydrogens is 390 g/mol. The molecule has 30 heavy (non-hydrogen) atoms. The number of benzene rings is 2. The van der Waals surface area contributed by atoms with Gasteiger partial charge in [-0.3, -0.25) is 10.00 Å². The molecule has 0 radical (unpaired) electrons. The van der Waals surface area contributed by atoms with Crippen molar-refractivity contribution in [1.29, 1.82) is 0 Å². The largest absolute Gasteiger partial charge is 0.632 e. The average Bonchev–Trinajstić information content (AvgIpc) is 3.07. The van der Waals surface area contributed by atoms with Gasteiger partial charge in [0.1, 0.15) is 32.1 Å². The van der Waals surface area contributed by atoms with Gasteiger partial charge in [0.25, 0.3) is 6.43 Å². The number of hydrogen-bond donors (Lipinski definition) is 1. The highest BCUT2D eigenvalue weighted by Gasteiger charge is 2.25. The summed E-state index contributed by atoms with van der Waals surface area (Å²) in [6.07, 6.45) is 0.637. The summed E-state index contributed by atoms with van der Waals surface area (Å²) in [5.41, 5.74) is 2.84. The number of alkyl halides is 2. The minimum atomic E-state index is -2.66. The smallest absolute Gasteiger partial charge is 0.265 e. The summed E-state index contributed by atoms with van der Waals surface area (Å²) < 4.78 is 35.2. The molecule has 6 nitrogen and oxygen atoms in total. The molecular formula is C22H24F2N4O2. The van der Waals surface area contributed by atoms with Gasteiger partial charge in [-0.2, -0.15) is 5.10 Å². The Morgan fingerprint density at radius 2 is 2.00 bits per heavy atom. The quantitative estimate of drug-likeness (QED) is 0.505. The number of aryl methyl sites for hydroxylation is 1. The summed E-state index contributed by atoms with van der Waals surface area (Å²) >= 11 is 0. The van der Waals surface area contributed by atoms with Crippen LogP contribution >= 0.6 is 0 Å². The van der Waals surface area contributed by atoms with E-state index in [1.165, 1.54) is 0 Å². The standard InChI is InChI=1S/C22H24F2N4O2/c1-25-14-28(29)8-9-30-20-7-6-15(10-16(20)13-28)18-4-3-5-19(21(18)22(23)24)17-11-26-27(2)12-17/h3-7,10-12,22,25H,8-9,13-14H2,1-2H3. The molecule has 2 heterocycles. The molecule has 158 valence electrons. The molecule has 1 aliphatic rings. The van der Waals surface area contributed by atoms with Gasteiger partial charge < -0.3 is 14.6 Å². The predicted molar refractivity (Wildman–Crippen MR) is 111 cm³/mol. The fraction of sp³-hybridized carbons (Fsp3) is 0.318. The molecule has 1 aromatic heterocycles. The molecule has 1 atom stereocenters. The number of rotatable bonds is 5. The molecule has 0 fully saturated rings. The second-order valence-corrected chi connectivity index (χ2v) is 7.59. The summed E-state index contributed by atoms with van der Waals surface area (Å²) in [4.78, 5) is 0. The van der Waals surface area contributed by atoms with E-state index in [1.54, 1.807) is 67.6 Å². The number of hydroxylamine groups is 3. The molecule has 0 saturated carbocycles. The second-order valence-electron chi connectivity index (χ2n) is 7.59. The fourth-order valence-electron chi connectivity index (χ4n) is 4.01. The number of nitrogens with zero attached hydrogens (tertiary/aromatic N) is 3. The van der Waals surface area contributed by atoms with Crippen molar-refractivity contribution < 1.29 is 18.2 Å². The van der Waals surface area contributed by atoms with E-state index in [-0.39, 0.29) is 18.8 Å². The Morgan fingerprint density at radius 1 is 1.23 bits per heavy atom. The Kier molecular flexibility index (Phi) is 5.55. The van der Waals surface area contributed by atoms with Crippen LogP contribution in [-0.4, -0.2) is 41.3 Å². The number of ether oxygens (including phenoxy) is 1. The molecule has 8 heteroatoms. The van der Waals surface area contributed by atoms with Crippen LogP contribution in [0.1, 0.15) is 17.6 Å². The Labute approximate surface area is 173 Å². The Morgan fingerprint density at radius 3 is 2.67 bits per heavy atom. The summed E-state index contributed by atoms with van der Waals surface area (Å²) in [6, 6.07) is 10.5. The lowest BCUT2D eigenvalue weighted by Crippen LogP contribution is -2.48. The maximum atomic E-state index is 14.2. The highest BCUT2D eigenvalue weighted by Crippen LogP contribution is 2.40. The third-order valence-corrected chi connectivity index (χ3v) is 5.37. The van der Waals surface area contributed by atoms with Crippen molar-refractivity contribution in [1.82, 2.24) is 15.1 Å². The first kappa shape index (κ1) is 20.5. The van der Waals surface area contributed by atoms with Crippen LogP contribution in [0.25, 0.3) is 22.3 Å². The van der Waals surface area contributed by atoms with Crippen molar-refractivity contribution in [3.8, 4) is 28.0 Å². The molecule has 0 spiro atoms. The molecule has 0 bridgehead atoms. The lowest BCUT2D eigenvalue weighted by Gasteiger charge is -2.40. The first-order chi connectivity index (χ1) is 14.4. The third kappa shape index (κ3) is 3.94. The van der Waals surface area contributed by atoms with Crippen molar-refractivity contribution in [2.45, 2.75) is 13.0 Å². The van der Waals surface area contributed by atoms with Crippen molar-refractivity contribution in [3.63, 3.8) is 0 Å². The Bertz CT molecular complexity index is 1050. The van der Waals surface area contributed by atoms with Crippen LogP contribution in [0.2, 0.25) is 0 Å². The van der Waals surface area contributed by atoms with Crippen molar-refractivity contribution >= 4 is 0 Å². The maximum Gasteiger partial charge on any atom is 0.265 e. The normalized spacial score (nSPS) is 18.7. The molecule has 1 aliphatic heterocycles. The van der Waals surface area contributed by atoms with Crippen LogP contribution in [0.4, 0.5) is 8.78 Å². The Hall–Kier alpha value is -2.81. The van der Waals surface area contributed by atoms with Crippen LogP contribution in [0.3, 0.4) is 0 Å². The minimum absolute atomic E-state index is 0.0434. The van der Waals surface area contributed by atoms with Crippen LogP contribution in [0.15, 0.2) is 48.8 Å². The fourth-order valence-corrected chi connectivity index (χ4v) is 4.01. The van der Waals surface area contributed by atoms with Gasteiger partial charge in [-0.25, -0.2) is 8.78 Å². The number of nitrogens with one attached hydrogen (secondary N) is 1. The summed E-state index contributed by atoms with van der Waals surface area (Å²) in [5.74, 6) is 0.632. The molecule has 3 aromatic rings. The number of halogens is 2. The van der Waals surface area contributed by atoms with E-state index in [0.717, 1.165) is 5.56 Å². The molecule has 0 aliphatic carbocycles. The highest BCUT2D eigenvalue weighted by atomic mass is 19.3. The zero-order valence-electron chi connectivity index (χ0n) is 16.9. The van der Waals surface area contributed by atoms with E-state index in [1.807, 2.05) is 0 Å². The van der Waals surface area contributed by atoms with Gasteiger partial charge in [0.2, 0.25) is 0 Å². The van der Waals surface area contributed by atoms with Crippen LogP contribution in [-0.2, 0) is 13.6 Å². The van der Waals surface area contributed by atoms with Gasteiger partial charge in [0.05, 0.1) is 6.20 Å². The van der Waals surface area contributed by atoms with Gasteiger partial charge >= 0.3 is 0 Å². The van der Waals surface area contributed by atoms with Gasteiger partial charge in [-0.05, 0) is 35.9 Å². The van der Waals surface area contributed by atoms with Gasteiger partial charge in [0.15, 0.2) is 0 Å². The second kappa shape index (κ2) is 8.14. The summed E-state index contributed by atoms with van der Waals surface area (Å²) in [6.45, 7) is 1.11. The van der Waals surface area contributed by atoms with E-state index in [9.17, 15) is 14.0 Å². The molecule has 1 unspecified atom stereocenters. The predicted octanol–water partition coefficient (Wildman–Crippen LogP) is 4.08. The van der Waals surface area contributed by atoms with Crippen molar-refractivity contribution in [2.75, 3.05) is 26.9 Å². The van der Waals surface area contributed by atoms with Crippen LogP contribution in [0.5, 0.6) is 5.75 Å². The number of fused-ring (bicyclic) bond motifs is 1. The van der Waals surface area contributed by atoms with E-state index < -0.39 is 11.1 Å². The van der Waals surface area contributed by atoms with Crippen molar-refractivity contribution in [2.24, 2.45) is 7.05 Å². The third-order valence-electron chi connectivity index (χ3n) is 5.37. The molecule has 4 rings (SSSR count). The molecule has 1 N–H and O–H groups in total. The monoisotopic (exact) mass is 414 g/mol. The lowest BCUT2D eigenvalue weighted by atomic mass is 9.92. The highest BCUT2D eigenvalue weighted by molar-refractivity contribution is 5.79. The van der Waals surface area contributed by atoms with E-state index in [4.69, 9.17) is 4.74 Å². The summed E-state index contributed by atoms with van der Waals surface area (Å²) in [5, 5.41) is 20.1. The van der Waals surface area contributed by atoms with E-state index >= 15 is 0 Å². The topological polar surface area (TPSA) is 62.1 Å². The van der Waals surface area contributed by atoms with Gasteiger partial charge in [-0.1, -0.05) is 24.3 Å². The zero-order valence-corrected chi connectivity index (χ0v) is 16.9. The van der Waals surface area contributed by atoms with E-state index in [2.05, 4.69) is 10.4 Å². The van der Waals surface area contributed by atoms with Crippen molar-refractivity contribution in [3.05, 3.63) is 65.1 Å². The Balaban J connectivity index is 1.81. The first-order valence-electron chi connectivity index (χ1n) is 9.78. The minimum Gasteiger partial charge on any atom is -0.632 e. The van der Waals surface area contributed by atoms with Crippen LogP contribution in [0, 0.1) is 5.21 Å². The average molecular weight is 414 g/mol. The van der Waals surface area contributed by atoms with E-state index in [0.29, 0.717) is 41.2 Å². The zero-order chi connectivity index (χ0) is 21.3. The number of aromatic nitrogens is 2. The first-order valence-corrected chi connectivity index (χ1v) is 9.78.